The fourth-order valence-corrected chi connectivity index (χ4v) is 5.55. The van der Waals surface area contributed by atoms with Gasteiger partial charge in [0.05, 0.1) is 28.2 Å². The number of sulfonamides is 1. The number of nitrogens with one attached hydrogen (secondary N) is 1. The van der Waals surface area contributed by atoms with Gasteiger partial charge < -0.3 is 15.0 Å². The fraction of sp³-hybridized carbons (Fsp3) is 0.391. The molecule has 2 aromatic carbocycles. The van der Waals surface area contributed by atoms with Gasteiger partial charge in [0.2, 0.25) is 10.0 Å². The predicted molar refractivity (Wildman–Crippen MR) is 129 cm³/mol. The summed E-state index contributed by atoms with van der Waals surface area (Å²) in [6.07, 6.45) is 2.00. The minimum atomic E-state index is -3.74. The number of amides is 1. The van der Waals surface area contributed by atoms with Gasteiger partial charge in [-0.05, 0) is 49.2 Å². The van der Waals surface area contributed by atoms with E-state index in [2.05, 4.69) is 10.2 Å². The van der Waals surface area contributed by atoms with Crippen LogP contribution < -0.4 is 10.2 Å². The van der Waals surface area contributed by atoms with Crippen LogP contribution in [0.5, 0.6) is 0 Å². The highest BCUT2D eigenvalue weighted by Crippen LogP contribution is 2.30. The van der Waals surface area contributed by atoms with Crippen molar-refractivity contribution in [3.05, 3.63) is 52.5 Å². The summed E-state index contributed by atoms with van der Waals surface area (Å²) < 4.78 is 32.2. The number of methoxy groups -OCH3 is 1. The first-order chi connectivity index (χ1) is 15.7. The van der Waals surface area contributed by atoms with Gasteiger partial charge in [0.15, 0.2) is 0 Å². The number of rotatable bonds is 8. The van der Waals surface area contributed by atoms with Crippen LogP contribution in [0.3, 0.4) is 0 Å². The summed E-state index contributed by atoms with van der Waals surface area (Å²) in [6, 6.07) is 9.16. The SMILES string of the molecule is CCN(CC)S(=O)(=O)c1ccc(N2CCCC2)c(C(=O)Nc2ccc(Cl)c(C(=O)OC)c2)c1. The van der Waals surface area contributed by atoms with E-state index in [4.69, 9.17) is 16.3 Å². The molecule has 0 aromatic heterocycles. The van der Waals surface area contributed by atoms with E-state index >= 15 is 0 Å². The second-order valence-electron chi connectivity index (χ2n) is 7.60. The number of carbonyl (C=O) groups is 2. The number of hydrogen-bond acceptors (Lipinski definition) is 6. The Hall–Kier alpha value is -2.62. The molecule has 0 bridgehead atoms. The lowest BCUT2D eigenvalue weighted by molar-refractivity contribution is 0.0600. The van der Waals surface area contributed by atoms with Gasteiger partial charge in [-0.3, -0.25) is 4.79 Å². The van der Waals surface area contributed by atoms with Crippen LogP contribution in [0.15, 0.2) is 41.3 Å². The lowest BCUT2D eigenvalue weighted by Crippen LogP contribution is -2.31. The molecule has 3 rings (SSSR count). The van der Waals surface area contributed by atoms with Crippen LogP contribution in [-0.2, 0) is 14.8 Å². The second-order valence-corrected chi connectivity index (χ2v) is 9.95. The Morgan fingerprint density at radius 2 is 1.73 bits per heavy atom. The molecule has 33 heavy (non-hydrogen) atoms. The highest BCUT2D eigenvalue weighted by molar-refractivity contribution is 7.89. The minimum absolute atomic E-state index is 0.0608. The third-order valence-corrected chi connectivity index (χ3v) is 8.01. The van der Waals surface area contributed by atoms with Gasteiger partial charge in [0.25, 0.3) is 5.91 Å². The van der Waals surface area contributed by atoms with Crippen LogP contribution in [0.1, 0.15) is 47.4 Å². The molecule has 1 N–H and O–H groups in total. The van der Waals surface area contributed by atoms with Gasteiger partial charge >= 0.3 is 5.97 Å². The standard InChI is InChI=1S/C23H28ClN3O5S/c1-4-27(5-2)33(30,31)17-9-11-21(26-12-6-7-13-26)19(15-17)22(28)25-16-8-10-20(24)18(14-16)23(29)32-3/h8-11,14-15H,4-7,12-13H2,1-3H3,(H,25,28). The van der Waals surface area contributed by atoms with Crippen molar-refractivity contribution < 1.29 is 22.7 Å². The Labute approximate surface area is 199 Å². The van der Waals surface area contributed by atoms with E-state index in [0.717, 1.165) is 25.9 Å². The number of benzene rings is 2. The molecule has 8 nitrogen and oxygen atoms in total. The van der Waals surface area contributed by atoms with Gasteiger partial charge in [-0.15, -0.1) is 0 Å². The summed E-state index contributed by atoms with van der Waals surface area (Å²) >= 11 is 6.07. The Bertz CT molecular complexity index is 1140. The van der Waals surface area contributed by atoms with E-state index < -0.39 is 21.9 Å². The zero-order valence-corrected chi connectivity index (χ0v) is 20.5. The molecular formula is C23H28ClN3O5S. The average molecular weight is 494 g/mol. The van der Waals surface area contributed by atoms with Crippen LogP contribution in [0.4, 0.5) is 11.4 Å². The molecule has 178 valence electrons. The Morgan fingerprint density at radius 1 is 1.06 bits per heavy atom. The summed E-state index contributed by atoms with van der Waals surface area (Å²) in [4.78, 5) is 27.4. The van der Waals surface area contributed by atoms with Crippen LogP contribution in [-0.4, -0.2) is 57.9 Å². The van der Waals surface area contributed by atoms with Crippen LogP contribution in [0, 0.1) is 0 Å². The summed E-state index contributed by atoms with van der Waals surface area (Å²) in [5, 5.41) is 2.96. The average Bonchev–Trinajstić information content (AvgIpc) is 3.34. The van der Waals surface area contributed by atoms with Gasteiger partial charge in [-0.2, -0.15) is 4.31 Å². The van der Waals surface area contributed by atoms with Gasteiger partial charge in [0, 0.05) is 37.6 Å². The Morgan fingerprint density at radius 3 is 2.33 bits per heavy atom. The molecular weight excluding hydrogens is 466 g/mol. The number of halogens is 1. The topological polar surface area (TPSA) is 96.0 Å². The molecule has 1 fully saturated rings. The smallest absolute Gasteiger partial charge is 0.339 e. The maximum absolute atomic E-state index is 13.3. The maximum atomic E-state index is 13.3. The van der Waals surface area contributed by atoms with E-state index in [1.165, 1.54) is 29.6 Å². The van der Waals surface area contributed by atoms with Crippen molar-refractivity contribution >= 4 is 44.9 Å². The van der Waals surface area contributed by atoms with E-state index in [0.29, 0.717) is 24.5 Å². The molecule has 1 aliphatic rings. The predicted octanol–water partition coefficient (Wildman–Crippen LogP) is 4.01. The molecule has 2 aromatic rings. The lowest BCUT2D eigenvalue weighted by Gasteiger charge is -2.23. The second kappa shape index (κ2) is 10.5. The first-order valence-corrected chi connectivity index (χ1v) is 12.6. The van der Waals surface area contributed by atoms with Crippen molar-refractivity contribution in [3.8, 4) is 0 Å². The van der Waals surface area contributed by atoms with E-state index in [-0.39, 0.29) is 21.0 Å². The minimum Gasteiger partial charge on any atom is -0.465 e. The van der Waals surface area contributed by atoms with Crippen LogP contribution in [0.25, 0.3) is 0 Å². The highest BCUT2D eigenvalue weighted by atomic mass is 35.5. The molecule has 1 heterocycles. The Kier molecular flexibility index (Phi) is 7.99. The zero-order valence-electron chi connectivity index (χ0n) is 18.9. The number of anilines is 2. The number of hydrogen-bond donors (Lipinski definition) is 1. The van der Waals surface area contributed by atoms with Crippen LogP contribution >= 0.6 is 11.6 Å². The molecule has 0 atom stereocenters. The first kappa shape index (κ1) is 25.0. The van der Waals surface area contributed by atoms with E-state index in [1.54, 1.807) is 32.0 Å². The van der Waals surface area contributed by atoms with Crippen molar-refractivity contribution in [1.82, 2.24) is 4.31 Å². The Balaban J connectivity index is 2.02. The summed E-state index contributed by atoms with van der Waals surface area (Å²) in [7, 11) is -2.50. The quantitative estimate of drug-likeness (QED) is 0.558. The molecule has 0 saturated carbocycles. The maximum Gasteiger partial charge on any atom is 0.339 e. The van der Waals surface area contributed by atoms with Crippen molar-refractivity contribution in [3.63, 3.8) is 0 Å². The number of nitrogens with zero attached hydrogens (tertiary/aromatic N) is 2. The highest BCUT2D eigenvalue weighted by Gasteiger charge is 2.26. The summed E-state index contributed by atoms with van der Waals surface area (Å²) in [5.74, 6) is -1.10. The molecule has 0 radical (unpaired) electrons. The van der Waals surface area contributed by atoms with Crippen molar-refractivity contribution in [2.45, 2.75) is 31.6 Å². The number of esters is 1. The molecule has 0 aliphatic carbocycles. The van der Waals surface area contributed by atoms with E-state index in [1.807, 2.05) is 0 Å². The molecule has 1 amide bonds. The molecule has 1 saturated heterocycles. The third kappa shape index (κ3) is 5.31. The van der Waals surface area contributed by atoms with Crippen molar-refractivity contribution in [1.29, 1.82) is 0 Å². The molecule has 10 heteroatoms. The van der Waals surface area contributed by atoms with Crippen molar-refractivity contribution in [2.24, 2.45) is 0 Å². The summed E-state index contributed by atoms with van der Waals surface area (Å²) in [5.41, 5.74) is 1.38. The van der Waals surface area contributed by atoms with Gasteiger partial charge in [-0.1, -0.05) is 25.4 Å². The number of ether oxygens (including phenoxy) is 1. The van der Waals surface area contributed by atoms with E-state index in [9.17, 15) is 18.0 Å². The van der Waals surface area contributed by atoms with Crippen LogP contribution in [0.2, 0.25) is 5.02 Å². The largest absolute Gasteiger partial charge is 0.465 e. The number of carbonyl (C=O) groups excluding carboxylic acids is 2. The first-order valence-electron chi connectivity index (χ1n) is 10.8. The molecule has 0 unspecified atom stereocenters. The lowest BCUT2D eigenvalue weighted by atomic mass is 10.1. The normalized spacial score (nSPS) is 13.9. The zero-order chi connectivity index (χ0) is 24.2. The molecule has 0 spiro atoms. The monoisotopic (exact) mass is 493 g/mol. The van der Waals surface area contributed by atoms with Gasteiger partial charge in [-0.25, -0.2) is 13.2 Å². The van der Waals surface area contributed by atoms with Crippen molar-refractivity contribution in [2.75, 3.05) is 43.5 Å². The van der Waals surface area contributed by atoms with Gasteiger partial charge in [0.1, 0.15) is 0 Å². The summed E-state index contributed by atoms with van der Waals surface area (Å²) in [6.45, 7) is 5.77. The fourth-order valence-electron chi connectivity index (χ4n) is 3.87. The third-order valence-electron chi connectivity index (χ3n) is 5.63. The molecule has 1 aliphatic heterocycles.